The lowest BCUT2D eigenvalue weighted by Gasteiger charge is -2.03. The molecule has 0 radical (unpaired) electrons. The number of nitrogens with one attached hydrogen (secondary N) is 1. The van der Waals surface area contributed by atoms with Gasteiger partial charge in [-0.1, -0.05) is 0 Å². The highest BCUT2D eigenvalue weighted by Crippen LogP contribution is 2.23. The lowest BCUT2D eigenvalue weighted by Crippen LogP contribution is -2.21. The molecule has 0 aliphatic heterocycles. The molecule has 0 fully saturated rings. The van der Waals surface area contributed by atoms with Crippen LogP contribution in [0.1, 0.15) is 6.92 Å². The van der Waals surface area contributed by atoms with E-state index in [4.69, 9.17) is 10.5 Å². The first-order chi connectivity index (χ1) is 11.2. The monoisotopic (exact) mass is 310 g/mol. The molecule has 0 aliphatic rings. The number of carbonyl (C=O) groups excluding carboxylic acids is 1. The van der Waals surface area contributed by atoms with Crippen LogP contribution in [-0.2, 0) is 4.79 Å². The van der Waals surface area contributed by atoms with Crippen LogP contribution in [0.3, 0.4) is 0 Å². The van der Waals surface area contributed by atoms with Gasteiger partial charge < -0.3 is 20.2 Å². The summed E-state index contributed by atoms with van der Waals surface area (Å²) in [5.41, 5.74) is 8.66. The normalized spacial score (nSPS) is 10.7. The van der Waals surface area contributed by atoms with Crippen molar-refractivity contribution in [1.29, 1.82) is 0 Å². The number of anilines is 1. The number of amides is 1. The van der Waals surface area contributed by atoms with Crippen LogP contribution in [0.5, 0.6) is 5.75 Å². The zero-order valence-corrected chi connectivity index (χ0v) is 12.8. The molecule has 2 heterocycles. The van der Waals surface area contributed by atoms with E-state index in [2.05, 4.69) is 10.3 Å². The molecule has 0 spiro atoms. The average molecular weight is 310 g/mol. The van der Waals surface area contributed by atoms with E-state index in [0.29, 0.717) is 12.3 Å². The van der Waals surface area contributed by atoms with Crippen LogP contribution in [0.2, 0.25) is 0 Å². The minimum absolute atomic E-state index is 0.0423. The third kappa shape index (κ3) is 3.32. The van der Waals surface area contributed by atoms with Gasteiger partial charge in [-0.25, -0.2) is 4.98 Å². The minimum Gasteiger partial charge on any atom is -0.494 e. The van der Waals surface area contributed by atoms with E-state index in [9.17, 15) is 4.79 Å². The van der Waals surface area contributed by atoms with Crippen LogP contribution in [0.4, 0.5) is 5.69 Å². The van der Waals surface area contributed by atoms with E-state index < -0.39 is 0 Å². The van der Waals surface area contributed by atoms with Gasteiger partial charge in [-0.15, -0.1) is 0 Å². The van der Waals surface area contributed by atoms with Gasteiger partial charge >= 0.3 is 0 Å². The Morgan fingerprint density at radius 2 is 2.00 bits per heavy atom. The first-order valence-corrected chi connectivity index (χ1v) is 7.41. The molecule has 1 amide bonds. The number of pyridine rings is 1. The van der Waals surface area contributed by atoms with Gasteiger partial charge in [0.05, 0.1) is 24.5 Å². The van der Waals surface area contributed by atoms with Gasteiger partial charge in [-0.05, 0) is 43.3 Å². The van der Waals surface area contributed by atoms with E-state index in [0.717, 1.165) is 22.7 Å². The number of hydrogen-bond donors (Lipinski definition) is 2. The number of ether oxygens (including phenoxy) is 1. The largest absolute Gasteiger partial charge is 0.494 e. The van der Waals surface area contributed by atoms with Crippen molar-refractivity contribution in [1.82, 2.24) is 9.38 Å². The van der Waals surface area contributed by atoms with Gasteiger partial charge in [0.15, 0.2) is 0 Å². The average Bonchev–Trinajstić information content (AvgIpc) is 2.99. The topological polar surface area (TPSA) is 81.7 Å². The van der Waals surface area contributed by atoms with Gasteiger partial charge in [0.1, 0.15) is 11.4 Å². The molecule has 3 N–H and O–H groups in total. The highest BCUT2D eigenvalue weighted by atomic mass is 16.5. The number of imidazole rings is 1. The van der Waals surface area contributed by atoms with Crippen LogP contribution >= 0.6 is 0 Å². The van der Waals surface area contributed by atoms with Crippen LogP contribution < -0.4 is 15.8 Å². The van der Waals surface area contributed by atoms with Gasteiger partial charge in [0, 0.05) is 18.0 Å². The highest BCUT2D eigenvalue weighted by molar-refractivity contribution is 5.92. The van der Waals surface area contributed by atoms with E-state index in [1.807, 2.05) is 54.0 Å². The lowest BCUT2D eigenvalue weighted by atomic mass is 10.2. The van der Waals surface area contributed by atoms with Crippen molar-refractivity contribution >= 4 is 17.2 Å². The third-order valence-electron chi connectivity index (χ3n) is 3.38. The number of aromatic nitrogens is 2. The molecule has 0 atom stereocenters. The third-order valence-corrected chi connectivity index (χ3v) is 3.38. The predicted molar refractivity (Wildman–Crippen MR) is 89.5 cm³/mol. The Hall–Kier alpha value is -2.86. The molecule has 2 aromatic heterocycles. The van der Waals surface area contributed by atoms with Crippen molar-refractivity contribution in [2.45, 2.75) is 6.92 Å². The zero-order valence-electron chi connectivity index (χ0n) is 12.8. The second-order valence-corrected chi connectivity index (χ2v) is 5.02. The predicted octanol–water partition coefficient (Wildman–Crippen LogP) is 2.30. The SMILES string of the molecule is CCOc1ccc(-c2cn3cc(NC(=O)CN)ccc3n2)cc1. The van der Waals surface area contributed by atoms with Crippen molar-refractivity contribution in [2.75, 3.05) is 18.5 Å². The Labute approximate surface area is 133 Å². The number of nitrogens with two attached hydrogens (primary N) is 1. The molecule has 6 nitrogen and oxygen atoms in total. The molecular weight excluding hydrogens is 292 g/mol. The van der Waals surface area contributed by atoms with E-state index >= 15 is 0 Å². The van der Waals surface area contributed by atoms with Crippen molar-refractivity contribution in [2.24, 2.45) is 5.73 Å². The molecule has 3 aromatic rings. The van der Waals surface area contributed by atoms with Crippen molar-refractivity contribution in [3.05, 3.63) is 48.8 Å². The Kier molecular flexibility index (Phi) is 4.25. The van der Waals surface area contributed by atoms with Crippen LogP contribution in [0.25, 0.3) is 16.9 Å². The van der Waals surface area contributed by atoms with Crippen molar-refractivity contribution < 1.29 is 9.53 Å². The van der Waals surface area contributed by atoms with Gasteiger partial charge in [-0.2, -0.15) is 0 Å². The van der Waals surface area contributed by atoms with Crippen LogP contribution in [-0.4, -0.2) is 28.4 Å². The molecule has 0 saturated carbocycles. The molecule has 0 unspecified atom stereocenters. The van der Waals surface area contributed by atoms with Crippen LogP contribution in [0.15, 0.2) is 48.8 Å². The van der Waals surface area contributed by atoms with Gasteiger partial charge in [0.25, 0.3) is 0 Å². The van der Waals surface area contributed by atoms with E-state index in [-0.39, 0.29) is 12.5 Å². The number of benzene rings is 1. The molecule has 3 rings (SSSR count). The van der Waals surface area contributed by atoms with Crippen molar-refractivity contribution in [3.63, 3.8) is 0 Å². The van der Waals surface area contributed by atoms with Gasteiger partial charge in [0.2, 0.25) is 5.91 Å². The summed E-state index contributed by atoms with van der Waals surface area (Å²) in [5, 5.41) is 2.73. The minimum atomic E-state index is -0.226. The van der Waals surface area contributed by atoms with Crippen LogP contribution in [0, 0.1) is 0 Å². The summed E-state index contributed by atoms with van der Waals surface area (Å²) in [5.74, 6) is 0.614. The maximum atomic E-state index is 11.4. The molecular formula is C17H18N4O2. The Bertz CT molecular complexity index is 824. The summed E-state index contributed by atoms with van der Waals surface area (Å²) < 4.78 is 7.32. The fraction of sp³-hybridized carbons (Fsp3) is 0.176. The number of nitrogens with zero attached hydrogens (tertiary/aromatic N) is 2. The van der Waals surface area contributed by atoms with Crippen molar-refractivity contribution in [3.8, 4) is 17.0 Å². The maximum Gasteiger partial charge on any atom is 0.238 e. The molecule has 1 aromatic carbocycles. The summed E-state index contributed by atoms with van der Waals surface area (Å²) in [7, 11) is 0. The molecule has 118 valence electrons. The molecule has 0 bridgehead atoms. The number of fused-ring (bicyclic) bond motifs is 1. The Morgan fingerprint density at radius 3 is 2.70 bits per heavy atom. The highest BCUT2D eigenvalue weighted by Gasteiger charge is 2.06. The van der Waals surface area contributed by atoms with E-state index in [1.54, 1.807) is 6.07 Å². The summed E-state index contributed by atoms with van der Waals surface area (Å²) in [6.45, 7) is 2.56. The molecule has 6 heteroatoms. The fourth-order valence-corrected chi connectivity index (χ4v) is 2.31. The lowest BCUT2D eigenvalue weighted by molar-refractivity contribution is -0.114. The smallest absolute Gasteiger partial charge is 0.238 e. The summed E-state index contributed by atoms with van der Waals surface area (Å²) in [4.78, 5) is 15.9. The zero-order chi connectivity index (χ0) is 16.2. The standard InChI is InChI=1S/C17H18N4O2/c1-2-23-14-6-3-12(4-7-14)15-11-21-10-13(19-17(22)9-18)5-8-16(21)20-15/h3-8,10-11H,2,9,18H2,1H3,(H,19,22). The number of rotatable bonds is 5. The maximum absolute atomic E-state index is 11.4. The summed E-state index contributed by atoms with van der Waals surface area (Å²) in [6.07, 6.45) is 3.73. The quantitative estimate of drug-likeness (QED) is 0.757. The number of carbonyl (C=O) groups is 1. The van der Waals surface area contributed by atoms with E-state index in [1.165, 1.54) is 0 Å². The summed E-state index contributed by atoms with van der Waals surface area (Å²) in [6, 6.07) is 11.5. The molecule has 23 heavy (non-hydrogen) atoms. The molecule has 0 aliphatic carbocycles. The second kappa shape index (κ2) is 6.50. The fourth-order valence-electron chi connectivity index (χ4n) is 2.31. The second-order valence-electron chi connectivity index (χ2n) is 5.02. The Balaban J connectivity index is 1.88. The Morgan fingerprint density at radius 1 is 1.22 bits per heavy atom. The summed E-state index contributed by atoms with van der Waals surface area (Å²) >= 11 is 0. The first kappa shape index (κ1) is 15.1. The molecule has 0 saturated heterocycles. The number of hydrogen-bond acceptors (Lipinski definition) is 4. The van der Waals surface area contributed by atoms with Gasteiger partial charge in [-0.3, -0.25) is 4.79 Å². The first-order valence-electron chi connectivity index (χ1n) is 7.41.